The van der Waals surface area contributed by atoms with Crippen LogP contribution in [0.1, 0.15) is 24.0 Å². The number of ether oxygens (including phenoxy) is 1. The van der Waals surface area contributed by atoms with Gasteiger partial charge >= 0.3 is 0 Å². The minimum absolute atomic E-state index is 0.284. The van der Waals surface area contributed by atoms with Gasteiger partial charge < -0.3 is 9.64 Å². The van der Waals surface area contributed by atoms with Gasteiger partial charge in [-0.15, -0.1) is 0 Å². The summed E-state index contributed by atoms with van der Waals surface area (Å²) in [6, 6.07) is 12.7. The molecular formula is C20H26N2O3S. The number of nitrogens with one attached hydrogen (secondary N) is 1. The molecular weight excluding hydrogens is 348 g/mol. The molecule has 1 aliphatic heterocycles. The molecule has 0 atom stereocenters. The van der Waals surface area contributed by atoms with Crippen LogP contribution in [0.3, 0.4) is 0 Å². The molecule has 26 heavy (non-hydrogen) atoms. The van der Waals surface area contributed by atoms with E-state index in [2.05, 4.69) is 9.62 Å². The van der Waals surface area contributed by atoms with Crippen molar-refractivity contribution in [3.05, 3.63) is 53.6 Å². The number of methoxy groups -OCH3 is 1. The van der Waals surface area contributed by atoms with E-state index < -0.39 is 10.0 Å². The van der Waals surface area contributed by atoms with Gasteiger partial charge in [0.1, 0.15) is 0 Å². The SMILES string of the molecule is COC1CCN(c2ccc(NS(=O)(=O)c3ccc(C)c(C)c3)cc2)CC1. The molecule has 5 nitrogen and oxygen atoms in total. The number of piperidine rings is 1. The Balaban J connectivity index is 1.70. The van der Waals surface area contributed by atoms with Crippen molar-refractivity contribution in [2.75, 3.05) is 29.8 Å². The lowest BCUT2D eigenvalue weighted by molar-refractivity contribution is 0.0819. The Morgan fingerprint density at radius 3 is 2.23 bits per heavy atom. The summed E-state index contributed by atoms with van der Waals surface area (Å²) in [6.07, 6.45) is 2.37. The van der Waals surface area contributed by atoms with E-state index in [0.717, 1.165) is 42.7 Å². The van der Waals surface area contributed by atoms with Gasteiger partial charge in [0, 0.05) is 31.6 Å². The lowest BCUT2D eigenvalue weighted by Gasteiger charge is -2.33. The number of benzene rings is 2. The van der Waals surface area contributed by atoms with Gasteiger partial charge in [-0.2, -0.15) is 0 Å². The highest BCUT2D eigenvalue weighted by Gasteiger charge is 2.19. The Kier molecular flexibility index (Phi) is 5.53. The normalized spacial score (nSPS) is 15.9. The second-order valence-corrected chi connectivity index (χ2v) is 8.50. The van der Waals surface area contributed by atoms with Gasteiger partial charge in [0.15, 0.2) is 0 Å². The predicted molar refractivity (Wildman–Crippen MR) is 105 cm³/mol. The monoisotopic (exact) mass is 374 g/mol. The first-order valence-corrected chi connectivity index (χ1v) is 10.4. The summed E-state index contributed by atoms with van der Waals surface area (Å²) < 4.78 is 33.2. The molecule has 0 aliphatic carbocycles. The third-order valence-electron chi connectivity index (χ3n) is 5.05. The van der Waals surface area contributed by atoms with Crippen molar-refractivity contribution in [2.24, 2.45) is 0 Å². The quantitative estimate of drug-likeness (QED) is 0.867. The minimum Gasteiger partial charge on any atom is -0.381 e. The van der Waals surface area contributed by atoms with Crippen LogP contribution in [-0.2, 0) is 14.8 Å². The Morgan fingerprint density at radius 1 is 1.00 bits per heavy atom. The van der Waals surface area contributed by atoms with E-state index >= 15 is 0 Å². The van der Waals surface area contributed by atoms with Gasteiger partial charge in [-0.1, -0.05) is 6.07 Å². The van der Waals surface area contributed by atoms with E-state index in [1.165, 1.54) is 0 Å². The van der Waals surface area contributed by atoms with Gasteiger partial charge in [0.05, 0.1) is 11.0 Å². The number of sulfonamides is 1. The van der Waals surface area contributed by atoms with Crippen molar-refractivity contribution < 1.29 is 13.2 Å². The van der Waals surface area contributed by atoms with Crippen molar-refractivity contribution >= 4 is 21.4 Å². The summed E-state index contributed by atoms with van der Waals surface area (Å²) in [7, 11) is -1.82. The molecule has 0 unspecified atom stereocenters. The molecule has 1 saturated heterocycles. The molecule has 140 valence electrons. The first-order valence-electron chi connectivity index (χ1n) is 8.87. The molecule has 0 amide bonds. The van der Waals surface area contributed by atoms with Crippen LogP contribution < -0.4 is 9.62 Å². The predicted octanol–water partition coefficient (Wildman–Crippen LogP) is 3.72. The molecule has 1 aliphatic rings. The molecule has 6 heteroatoms. The van der Waals surface area contributed by atoms with E-state index in [1.807, 2.05) is 44.2 Å². The average molecular weight is 375 g/mol. The van der Waals surface area contributed by atoms with Crippen LogP contribution in [0.4, 0.5) is 11.4 Å². The standard InChI is InChI=1S/C20H26N2O3S/c1-15-4-9-20(14-16(15)2)26(23,24)21-17-5-7-18(8-6-17)22-12-10-19(25-3)11-13-22/h4-9,14,19,21H,10-13H2,1-3H3. The largest absolute Gasteiger partial charge is 0.381 e. The van der Waals surface area contributed by atoms with Crippen LogP contribution in [-0.4, -0.2) is 34.7 Å². The first kappa shape index (κ1) is 18.7. The maximum atomic E-state index is 12.6. The summed E-state index contributed by atoms with van der Waals surface area (Å²) >= 11 is 0. The van der Waals surface area contributed by atoms with Crippen LogP contribution in [0.2, 0.25) is 0 Å². The molecule has 1 fully saturated rings. The van der Waals surface area contributed by atoms with E-state index in [9.17, 15) is 8.42 Å². The summed E-state index contributed by atoms with van der Waals surface area (Å²) in [6.45, 7) is 5.78. The number of aryl methyl sites for hydroxylation is 2. The Labute approximate surface area is 156 Å². The van der Waals surface area contributed by atoms with Crippen molar-refractivity contribution in [1.29, 1.82) is 0 Å². The maximum Gasteiger partial charge on any atom is 0.261 e. The molecule has 1 N–H and O–H groups in total. The number of nitrogens with zero attached hydrogens (tertiary/aromatic N) is 1. The van der Waals surface area contributed by atoms with E-state index in [4.69, 9.17) is 4.74 Å². The van der Waals surface area contributed by atoms with Crippen LogP contribution in [0.5, 0.6) is 0 Å². The van der Waals surface area contributed by atoms with Gasteiger partial charge in [-0.25, -0.2) is 8.42 Å². The molecule has 2 aromatic carbocycles. The zero-order valence-electron chi connectivity index (χ0n) is 15.5. The molecule has 0 aromatic heterocycles. The first-order chi connectivity index (χ1) is 12.4. The highest BCUT2D eigenvalue weighted by Crippen LogP contribution is 2.24. The molecule has 1 heterocycles. The van der Waals surface area contributed by atoms with Crippen molar-refractivity contribution in [1.82, 2.24) is 0 Å². The van der Waals surface area contributed by atoms with Gasteiger partial charge in [0.2, 0.25) is 0 Å². The average Bonchev–Trinajstić information content (AvgIpc) is 2.64. The molecule has 3 rings (SSSR count). The highest BCUT2D eigenvalue weighted by molar-refractivity contribution is 7.92. The molecule has 2 aromatic rings. The second kappa shape index (κ2) is 7.68. The molecule has 0 spiro atoms. The lowest BCUT2D eigenvalue weighted by Crippen LogP contribution is -2.36. The van der Waals surface area contributed by atoms with Gasteiger partial charge in [-0.3, -0.25) is 4.72 Å². The van der Waals surface area contributed by atoms with Crippen LogP contribution in [0, 0.1) is 13.8 Å². The Hall–Kier alpha value is -2.05. The third kappa shape index (κ3) is 4.19. The summed E-state index contributed by atoms with van der Waals surface area (Å²) in [4.78, 5) is 2.59. The van der Waals surface area contributed by atoms with E-state index in [0.29, 0.717) is 11.8 Å². The van der Waals surface area contributed by atoms with Crippen LogP contribution >= 0.6 is 0 Å². The van der Waals surface area contributed by atoms with E-state index in [1.54, 1.807) is 19.2 Å². The summed E-state index contributed by atoms with van der Waals surface area (Å²) in [5.74, 6) is 0. The van der Waals surface area contributed by atoms with Gasteiger partial charge in [-0.05, 0) is 74.2 Å². The van der Waals surface area contributed by atoms with Crippen molar-refractivity contribution in [3.63, 3.8) is 0 Å². The molecule has 0 radical (unpaired) electrons. The van der Waals surface area contributed by atoms with Gasteiger partial charge in [0.25, 0.3) is 10.0 Å². The number of hydrogen-bond acceptors (Lipinski definition) is 4. The smallest absolute Gasteiger partial charge is 0.261 e. The summed E-state index contributed by atoms with van der Waals surface area (Å²) in [5.41, 5.74) is 3.71. The van der Waals surface area contributed by atoms with Crippen molar-refractivity contribution in [3.8, 4) is 0 Å². The third-order valence-corrected chi connectivity index (χ3v) is 6.43. The molecule has 0 bridgehead atoms. The number of rotatable bonds is 5. The van der Waals surface area contributed by atoms with Crippen LogP contribution in [0.25, 0.3) is 0 Å². The minimum atomic E-state index is -3.58. The molecule has 0 saturated carbocycles. The zero-order chi connectivity index (χ0) is 18.7. The summed E-state index contributed by atoms with van der Waals surface area (Å²) in [5, 5.41) is 0. The lowest BCUT2D eigenvalue weighted by atomic mass is 10.1. The second-order valence-electron chi connectivity index (χ2n) is 6.82. The van der Waals surface area contributed by atoms with E-state index in [-0.39, 0.29) is 4.90 Å². The maximum absolute atomic E-state index is 12.6. The Bertz CT molecular complexity index is 855. The number of hydrogen-bond donors (Lipinski definition) is 1. The van der Waals surface area contributed by atoms with Crippen LogP contribution in [0.15, 0.2) is 47.4 Å². The fraction of sp³-hybridized carbons (Fsp3) is 0.400. The Morgan fingerprint density at radius 2 is 1.65 bits per heavy atom. The van der Waals surface area contributed by atoms with Crippen molar-refractivity contribution in [2.45, 2.75) is 37.7 Å². The highest BCUT2D eigenvalue weighted by atomic mass is 32.2. The number of anilines is 2. The fourth-order valence-electron chi connectivity index (χ4n) is 3.19. The topological polar surface area (TPSA) is 58.6 Å². The zero-order valence-corrected chi connectivity index (χ0v) is 16.3. The fourth-order valence-corrected chi connectivity index (χ4v) is 4.33.